The van der Waals surface area contributed by atoms with E-state index in [4.69, 9.17) is 14.2 Å². The predicted octanol–water partition coefficient (Wildman–Crippen LogP) is 3.66. The zero-order valence-electron chi connectivity index (χ0n) is 13.2. The van der Waals surface area contributed by atoms with Gasteiger partial charge in [-0.1, -0.05) is 34.1 Å². The Balaban J connectivity index is 1.54. The maximum Gasteiger partial charge on any atom is 0.331 e. The van der Waals surface area contributed by atoms with Crippen molar-refractivity contribution in [3.05, 3.63) is 64.1 Å². The van der Waals surface area contributed by atoms with E-state index in [-0.39, 0.29) is 12.4 Å². The lowest BCUT2D eigenvalue weighted by Crippen LogP contribution is -2.15. The average molecular weight is 403 g/mol. The van der Waals surface area contributed by atoms with Crippen LogP contribution in [0.25, 0.3) is 6.08 Å². The quantitative estimate of drug-likeness (QED) is 0.433. The van der Waals surface area contributed by atoms with Crippen LogP contribution in [-0.4, -0.2) is 31.6 Å². The number of halogens is 1. The van der Waals surface area contributed by atoms with E-state index in [1.54, 1.807) is 42.5 Å². The van der Waals surface area contributed by atoms with E-state index in [1.165, 1.54) is 6.08 Å². The first-order chi connectivity index (χ1) is 12.1. The Morgan fingerprint density at radius 2 is 1.76 bits per heavy atom. The minimum atomic E-state index is -0.583. The second-order valence-corrected chi connectivity index (χ2v) is 6.19. The summed E-state index contributed by atoms with van der Waals surface area (Å²) in [5.74, 6) is 0.493. The van der Waals surface area contributed by atoms with E-state index in [9.17, 15) is 9.59 Å². The number of carbonyl (C=O) groups is 2. The number of Topliss-reactive ketones (excluding diaryl/α,β-unsaturated/α-hetero) is 1. The zero-order valence-corrected chi connectivity index (χ0v) is 14.8. The fourth-order valence-electron chi connectivity index (χ4n) is 2.23. The molecule has 0 bridgehead atoms. The minimum absolute atomic E-state index is 0.256. The van der Waals surface area contributed by atoms with Gasteiger partial charge in [-0.25, -0.2) is 4.79 Å². The van der Waals surface area contributed by atoms with Gasteiger partial charge in [0.25, 0.3) is 0 Å². The number of benzene rings is 2. The van der Waals surface area contributed by atoms with Crippen LogP contribution in [0.2, 0.25) is 0 Å². The van der Waals surface area contributed by atoms with E-state index < -0.39 is 5.97 Å². The summed E-state index contributed by atoms with van der Waals surface area (Å²) in [4.78, 5) is 23.7. The largest absolute Gasteiger partial charge is 0.486 e. The Bertz CT molecular complexity index is 811. The van der Waals surface area contributed by atoms with Crippen LogP contribution in [0.1, 0.15) is 15.9 Å². The molecule has 0 aromatic heterocycles. The highest BCUT2D eigenvalue weighted by Gasteiger charge is 2.11. The molecule has 5 nitrogen and oxygen atoms in total. The molecule has 0 spiro atoms. The van der Waals surface area contributed by atoms with Crippen LogP contribution in [0.5, 0.6) is 11.5 Å². The summed E-state index contributed by atoms with van der Waals surface area (Å²) in [7, 11) is 0. The van der Waals surface area contributed by atoms with Crippen molar-refractivity contribution in [2.45, 2.75) is 0 Å². The van der Waals surface area contributed by atoms with Gasteiger partial charge < -0.3 is 14.2 Å². The SMILES string of the molecule is O=C(/C=C/c1ccc2c(c1)OCCO2)OCC(=O)c1ccc(Br)cc1. The molecule has 2 aromatic rings. The van der Waals surface area contributed by atoms with Crippen molar-refractivity contribution in [1.82, 2.24) is 0 Å². The highest BCUT2D eigenvalue weighted by atomic mass is 79.9. The molecular weight excluding hydrogens is 388 g/mol. The smallest absolute Gasteiger partial charge is 0.331 e. The molecular formula is C19H15BrO5. The number of ether oxygens (including phenoxy) is 3. The topological polar surface area (TPSA) is 61.8 Å². The summed E-state index contributed by atoms with van der Waals surface area (Å²) in [6.45, 7) is 0.729. The van der Waals surface area contributed by atoms with Gasteiger partial charge in [-0.15, -0.1) is 0 Å². The molecule has 0 atom stereocenters. The lowest BCUT2D eigenvalue weighted by molar-refractivity contribution is -0.136. The molecule has 0 N–H and O–H groups in total. The highest BCUT2D eigenvalue weighted by Crippen LogP contribution is 2.31. The molecule has 2 aromatic carbocycles. The highest BCUT2D eigenvalue weighted by molar-refractivity contribution is 9.10. The first-order valence-electron chi connectivity index (χ1n) is 7.65. The van der Waals surface area contributed by atoms with Crippen LogP contribution in [0, 0.1) is 0 Å². The number of esters is 1. The lowest BCUT2D eigenvalue weighted by atomic mass is 10.1. The molecule has 25 heavy (non-hydrogen) atoms. The number of rotatable bonds is 5. The molecule has 0 saturated heterocycles. The summed E-state index contributed by atoms with van der Waals surface area (Å²) >= 11 is 3.30. The van der Waals surface area contributed by atoms with Crippen LogP contribution in [0.15, 0.2) is 53.0 Å². The standard InChI is InChI=1S/C19H15BrO5/c20-15-5-3-14(4-6-15)16(21)12-25-19(22)8-2-13-1-7-17-18(11-13)24-10-9-23-17/h1-8,11H,9-10,12H2/b8-2+. The van der Waals surface area contributed by atoms with Gasteiger partial charge in [0.15, 0.2) is 23.9 Å². The third-order valence-corrected chi connectivity index (χ3v) is 4.02. The molecule has 1 heterocycles. The van der Waals surface area contributed by atoms with Gasteiger partial charge in [0.2, 0.25) is 0 Å². The summed E-state index contributed by atoms with van der Waals surface area (Å²) in [5.41, 5.74) is 1.27. The molecule has 1 aliphatic rings. The first-order valence-corrected chi connectivity index (χ1v) is 8.44. The monoisotopic (exact) mass is 402 g/mol. The van der Waals surface area contributed by atoms with Crippen molar-refractivity contribution in [3.8, 4) is 11.5 Å². The second-order valence-electron chi connectivity index (χ2n) is 5.27. The van der Waals surface area contributed by atoms with Crippen LogP contribution in [-0.2, 0) is 9.53 Å². The number of ketones is 1. The zero-order chi connectivity index (χ0) is 17.6. The molecule has 0 fully saturated rings. The molecule has 0 saturated carbocycles. The molecule has 3 rings (SSSR count). The third-order valence-electron chi connectivity index (χ3n) is 3.49. The Morgan fingerprint density at radius 1 is 1.04 bits per heavy atom. The van der Waals surface area contributed by atoms with Crippen molar-refractivity contribution in [2.24, 2.45) is 0 Å². The Kier molecular flexibility index (Phi) is 5.50. The molecule has 128 valence electrons. The fourth-order valence-corrected chi connectivity index (χ4v) is 2.50. The van der Waals surface area contributed by atoms with Gasteiger partial charge in [-0.3, -0.25) is 4.79 Å². The first kappa shape index (κ1) is 17.2. The summed E-state index contributed by atoms with van der Waals surface area (Å²) in [6.07, 6.45) is 2.88. The number of hydrogen-bond acceptors (Lipinski definition) is 5. The Hall–Kier alpha value is -2.60. The molecule has 0 amide bonds. The van der Waals surface area contributed by atoms with Crippen LogP contribution in [0.4, 0.5) is 0 Å². The van der Waals surface area contributed by atoms with E-state index >= 15 is 0 Å². The van der Waals surface area contributed by atoms with Gasteiger partial charge in [-0.05, 0) is 35.9 Å². The van der Waals surface area contributed by atoms with Gasteiger partial charge in [0.05, 0.1) is 0 Å². The molecule has 0 radical (unpaired) electrons. The van der Waals surface area contributed by atoms with Crippen molar-refractivity contribution in [1.29, 1.82) is 0 Å². The van der Waals surface area contributed by atoms with Gasteiger partial charge in [-0.2, -0.15) is 0 Å². The molecule has 0 aliphatic carbocycles. The van der Waals surface area contributed by atoms with Gasteiger partial charge in [0.1, 0.15) is 13.2 Å². The van der Waals surface area contributed by atoms with Crippen molar-refractivity contribution in [3.63, 3.8) is 0 Å². The van der Waals surface area contributed by atoms with Crippen molar-refractivity contribution >= 4 is 33.8 Å². The van der Waals surface area contributed by atoms with E-state index in [2.05, 4.69) is 15.9 Å². The van der Waals surface area contributed by atoms with E-state index in [0.717, 1.165) is 10.0 Å². The average Bonchev–Trinajstić information content (AvgIpc) is 2.65. The second kappa shape index (κ2) is 7.98. The lowest BCUT2D eigenvalue weighted by Gasteiger charge is -2.18. The van der Waals surface area contributed by atoms with Crippen molar-refractivity contribution < 1.29 is 23.8 Å². The fraction of sp³-hybridized carbons (Fsp3) is 0.158. The van der Waals surface area contributed by atoms with Crippen molar-refractivity contribution in [2.75, 3.05) is 19.8 Å². The number of fused-ring (bicyclic) bond motifs is 1. The summed E-state index contributed by atoms with van der Waals surface area (Å²) < 4.78 is 16.8. The Morgan fingerprint density at radius 3 is 2.52 bits per heavy atom. The van der Waals surface area contributed by atoms with Crippen LogP contribution in [0.3, 0.4) is 0 Å². The van der Waals surface area contributed by atoms with Crippen LogP contribution < -0.4 is 9.47 Å². The predicted molar refractivity (Wildman–Crippen MR) is 95.9 cm³/mol. The summed E-state index contributed by atoms with van der Waals surface area (Å²) in [6, 6.07) is 12.2. The summed E-state index contributed by atoms with van der Waals surface area (Å²) in [5, 5.41) is 0. The number of carbonyl (C=O) groups excluding carboxylic acids is 2. The van der Waals surface area contributed by atoms with E-state index in [0.29, 0.717) is 30.3 Å². The Labute approximate surface area is 153 Å². The van der Waals surface area contributed by atoms with E-state index in [1.807, 2.05) is 6.07 Å². The molecule has 1 aliphatic heterocycles. The maximum absolute atomic E-state index is 11.9. The number of hydrogen-bond donors (Lipinski definition) is 0. The molecule has 6 heteroatoms. The minimum Gasteiger partial charge on any atom is -0.486 e. The normalized spacial score (nSPS) is 12.8. The van der Waals surface area contributed by atoms with Gasteiger partial charge >= 0.3 is 5.97 Å². The van der Waals surface area contributed by atoms with Crippen LogP contribution >= 0.6 is 15.9 Å². The molecule has 0 unspecified atom stereocenters. The van der Waals surface area contributed by atoms with Gasteiger partial charge in [0, 0.05) is 16.1 Å². The maximum atomic E-state index is 11.9. The third kappa shape index (κ3) is 4.70.